The number of amides is 3. The Hall–Kier alpha value is -2.89. The number of primary amides is 1. The highest BCUT2D eigenvalue weighted by atomic mass is 19.1. The molecule has 2 aromatic carbocycles. The smallest absolute Gasteiger partial charge is 0.316 e. The molecule has 4 N–H and O–H groups in total. The van der Waals surface area contributed by atoms with Gasteiger partial charge in [-0.3, -0.25) is 4.79 Å². The second-order valence-corrected chi connectivity index (χ2v) is 4.48. The van der Waals surface area contributed by atoms with E-state index in [0.29, 0.717) is 16.9 Å². The molecule has 0 radical (unpaired) electrons. The van der Waals surface area contributed by atoms with Crippen LogP contribution in [-0.4, -0.2) is 11.9 Å². The summed E-state index contributed by atoms with van der Waals surface area (Å²) in [6, 6.07) is 10.0. The number of hydrogen-bond acceptors (Lipinski definition) is 2. The van der Waals surface area contributed by atoms with E-state index >= 15 is 0 Å². The lowest BCUT2D eigenvalue weighted by Gasteiger charge is -2.07. The summed E-state index contributed by atoms with van der Waals surface area (Å²) in [5, 5.41) is 5.04. The quantitative estimate of drug-likeness (QED) is 0.811. The summed E-state index contributed by atoms with van der Waals surface area (Å²) < 4.78 is 13.4. The zero-order valence-electron chi connectivity index (χ0n) is 11.3. The Morgan fingerprint density at radius 2 is 1.57 bits per heavy atom. The number of carbonyl (C=O) groups excluding carboxylic acids is 2. The summed E-state index contributed by atoms with van der Waals surface area (Å²) in [4.78, 5) is 22.7. The normalized spacial score (nSPS) is 10.0. The fraction of sp³-hybridized carbons (Fsp3) is 0.0667. The fourth-order valence-electron chi connectivity index (χ4n) is 1.72. The van der Waals surface area contributed by atoms with Crippen molar-refractivity contribution in [3.05, 3.63) is 59.4 Å². The predicted molar refractivity (Wildman–Crippen MR) is 78.7 cm³/mol. The third kappa shape index (κ3) is 3.79. The molecule has 0 spiro atoms. The lowest BCUT2D eigenvalue weighted by molar-refractivity contribution is 0.102. The minimum absolute atomic E-state index is 0.234. The number of urea groups is 1. The number of hydrogen-bond donors (Lipinski definition) is 3. The van der Waals surface area contributed by atoms with Crippen molar-refractivity contribution in [2.45, 2.75) is 6.92 Å². The van der Waals surface area contributed by atoms with Gasteiger partial charge in [0.05, 0.1) is 0 Å². The van der Waals surface area contributed by atoms with Gasteiger partial charge in [0.1, 0.15) is 5.82 Å². The third-order valence-electron chi connectivity index (χ3n) is 2.84. The van der Waals surface area contributed by atoms with Crippen LogP contribution >= 0.6 is 0 Å². The molecule has 0 aliphatic carbocycles. The van der Waals surface area contributed by atoms with E-state index in [2.05, 4.69) is 10.6 Å². The molecule has 0 bridgehead atoms. The molecule has 0 atom stereocenters. The van der Waals surface area contributed by atoms with Crippen molar-refractivity contribution >= 4 is 23.3 Å². The van der Waals surface area contributed by atoms with Gasteiger partial charge in [-0.15, -0.1) is 0 Å². The van der Waals surface area contributed by atoms with Crippen molar-refractivity contribution in [1.82, 2.24) is 0 Å². The Kier molecular flexibility index (Phi) is 4.18. The summed E-state index contributed by atoms with van der Waals surface area (Å²) in [5.74, 6) is -0.840. The van der Waals surface area contributed by atoms with Gasteiger partial charge < -0.3 is 16.4 Å². The van der Waals surface area contributed by atoms with Crippen molar-refractivity contribution in [2.75, 3.05) is 10.6 Å². The summed E-state index contributed by atoms with van der Waals surface area (Å²) >= 11 is 0. The van der Waals surface area contributed by atoms with Gasteiger partial charge in [0, 0.05) is 16.9 Å². The monoisotopic (exact) mass is 287 g/mol. The molecule has 0 heterocycles. The van der Waals surface area contributed by atoms with E-state index in [9.17, 15) is 14.0 Å². The number of rotatable bonds is 3. The van der Waals surface area contributed by atoms with Gasteiger partial charge in [-0.05, 0) is 48.9 Å². The Morgan fingerprint density at radius 3 is 2.10 bits per heavy atom. The topological polar surface area (TPSA) is 84.2 Å². The summed E-state index contributed by atoms with van der Waals surface area (Å²) in [5.41, 5.74) is 6.74. The van der Waals surface area contributed by atoms with Gasteiger partial charge in [0.25, 0.3) is 5.91 Å². The molecular weight excluding hydrogens is 273 g/mol. The average Bonchev–Trinajstić information content (AvgIpc) is 2.43. The third-order valence-corrected chi connectivity index (χ3v) is 2.84. The Labute approximate surface area is 121 Å². The molecule has 3 amide bonds. The number of halogens is 1. The largest absolute Gasteiger partial charge is 0.351 e. The molecule has 21 heavy (non-hydrogen) atoms. The molecule has 0 saturated carbocycles. The minimum atomic E-state index is -0.665. The molecule has 0 aliphatic rings. The zero-order valence-corrected chi connectivity index (χ0v) is 11.3. The van der Waals surface area contributed by atoms with Crippen LogP contribution in [0.2, 0.25) is 0 Å². The average molecular weight is 287 g/mol. The molecule has 2 rings (SSSR count). The molecule has 0 saturated heterocycles. The Balaban J connectivity index is 2.08. The van der Waals surface area contributed by atoms with Gasteiger partial charge in [-0.2, -0.15) is 0 Å². The first-order valence-electron chi connectivity index (χ1n) is 6.20. The van der Waals surface area contributed by atoms with Crippen molar-refractivity contribution < 1.29 is 14.0 Å². The number of nitrogens with two attached hydrogens (primary N) is 1. The van der Waals surface area contributed by atoms with Crippen LogP contribution in [0.15, 0.2) is 42.5 Å². The first-order chi connectivity index (χ1) is 9.95. The number of nitrogens with one attached hydrogen (secondary N) is 2. The van der Waals surface area contributed by atoms with Crippen LogP contribution in [0.1, 0.15) is 15.9 Å². The summed E-state index contributed by atoms with van der Waals surface area (Å²) in [6.45, 7) is 1.63. The SMILES string of the molecule is Cc1ccc(C(=O)Nc2ccc(NC(N)=O)cc2)cc1F. The number of carbonyl (C=O) groups is 2. The van der Waals surface area contributed by atoms with Crippen LogP contribution in [0, 0.1) is 12.7 Å². The first-order valence-corrected chi connectivity index (χ1v) is 6.20. The Bertz CT molecular complexity index is 684. The van der Waals surface area contributed by atoms with Crippen molar-refractivity contribution in [3.63, 3.8) is 0 Å². The Morgan fingerprint density at radius 1 is 1.00 bits per heavy atom. The van der Waals surface area contributed by atoms with Gasteiger partial charge in [-0.25, -0.2) is 9.18 Å². The molecule has 2 aromatic rings. The highest BCUT2D eigenvalue weighted by molar-refractivity contribution is 6.04. The second-order valence-electron chi connectivity index (χ2n) is 4.48. The molecule has 108 valence electrons. The van der Waals surface area contributed by atoms with Gasteiger partial charge >= 0.3 is 6.03 Å². The number of aryl methyl sites for hydroxylation is 1. The predicted octanol–water partition coefficient (Wildman–Crippen LogP) is 2.88. The highest BCUT2D eigenvalue weighted by Crippen LogP contribution is 2.15. The maximum atomic E-state index is 13.4. The molecular formula is C15H14FN3O2. The fourth-order valence-corrected chi connectivity index (χ4v) is 1.72. The number of benzene rings is 2. The highest BCUT2D eigenvalue weighted by Gasteiger charge is 2.08. The second kappa shape index (κ2) is 6.04. The van der Waals surface area contributed by atoms with E-state index < -0.39 is 17.8 Å². The van der Waals surface area contributed by atoms with Crippen LogP contribution in [0.3, 0.4) is 0 Å². The summed E-state index contributed by atoms with van der Waals surface area (Å²) in [6.07, 6.45) is 0. The van der Waals surface area contributed by atoms with Crippen LogP contribution in [0.5, 0.6) is 0 Å². The lowest BCUT2D eigenvalue weighted by Crippen LogP contribution is -2.19. The van der Waals surface area contributed by atoms with Crippen LogP contribution in [0.25, 0.3) is 0 Å². The van der Waals surface area contributed by atoms with E-state index in [0.717, 1.165) is 0 Å². The molecule has 0 aromatic heterocycles. The van der Waals surface area contributed by atoms with E-state index in [-0.39, 0.29) is 5.56 Å². The molecule has 0 fully saturated rings. The van der Waals surface area contributed by atoms with E-state index in [1.165, 1.54) is 6.07 Å². The van der Waals surface area contributed by atoms with Crippen molar-refractivity contribution in [1.29, 1.82) is 0 Å². The van der Waals surface area contributed by atoms with E-state index in [1.807, 2.05) is 0 Å². The maximum absolute atomic E-state index is 13.4. The zero-order chi connectivity index (χ0) is 15.4. The molecule has 5 nitrogen and oxygen atoms in total. The maximum Gasteiger partial charge on any atom is 0.316 e. The van der Waals surface area contributed by atoms with Crippen LogP contribution in [0.4, 0.5) is 20.6 Å². The van der Waals surface area contributed by atoms with Crippen LogP contribution in [-0.2, 0) is 0 Å². The molecule has 6 heteroatoms. The van der Waals surface area contributed by atoms with Crippen molar-refractivity contribution in [2.24, 2.45) is 5.73 Å². The van der Waals surface area contributed by atoms with E-state index in [4.69, 9.17) is 5.73 Å². The van der Waals surface area contributed by atoms with E-state index in [1.54, 1.807) is 43.3 Å². The summed E-state index contributed by atoms with van der Waals surface area (Å²) in [7, 11) is 0. The van der Waals surface area contributed by atoms with Crippen LogP contribution < -0.4 is 16.4 Å². The van der Waals surface area contributed by atoms with Gasteiger partial charge in [0.2, 0.25) is 0 Å². The molecule has 0 unspecified atom stereocenters. The lowest BCUT2D eigenvalue weighted by atomic mass is 10.1. The number of anilines is 2. The minimum Gasteiger partial charge on any atom is -0.351 e. The van der Waals surface area contributed by atoms with Gasteiger partial charge in [0.15, 0.2) is 0 Å². The molecule has 0 aliphatic heterocycles. The van der Waals surface area contributed by atoms with Gasteiger partial charge in [-0.1, -0.05) is 6.07 Å². The van der Waals surface area contributed by atoms with Crippen molar-refractivity contribution in [3.8, 4) is 0 Å². The first kappa shape index (κ1) is 14.5. The standard InChI is InChI=1S/C15H14FN3O2/c1-9-2-3-10(8-13(9)16)14(20)18-11-4-6-12(7-5-11)19-15(17)21/h2-8H,1H3,(H,18,20)(H3,17,19,21).